The van der Waals surface area contributed by atoms with E-state index in [2.05, 4.69) is 6.58 Å². The van der Waals surface area contributed by atoms with Gasteiger partial charge in [-0.1, -0.05) is 6.58 Å². The minimum atomic E-state index is -4.34. The largest absolute Gasteiger partial charge is 0.414 e. The summed E-state index contributed by atoms with van der Waals surface area (Å²) < 4.78 is 40.2. The summed E-state index contributed by atoms with van der Waals surface area (Å²) in [5.74, 6) is 0. The van der Waals surface area contributed by atoms with Crippen molar-refractivity contribution >= 4 is 0 Å². The Balaban J connectivity index is 4.03. The van der Waals surface area contributed by atoms with Crippen LogP contribution in [0.15, 0.2) is 12.2 Å². The van der Waals surface area contributed by atoms with Gasteiger partial charge in [-0.05, 0) is 13.8 Å². The van der Waals surface area contributed by atoms with Gasteiger partial charge in [0.15, 0.2) is 0 Å². The van der Waals surface area contributed by atoms with Gasteiger partial charge < -0.3 is 4.74 Å². The summed E-state index contributed by atoms with van der Waals surface area (Å²) in [6, 6.07) is 0. The van der Waals surface area contributed by atoms with E-state index < -0.39 is 17.9 Å². The molecule has 0 amide bonds. The van der Waals surface area contributed by atoms with Crippen molar-refractivity contribution in [2.45, 2.75) is 26.1 Å². The van der Waals surface area contributed by atoms with Crippen molar-refractivity contribution in [3.05, 3.63) is 12.2 Å². The zero-order valence-electron chi connectivity index (χ0n) is 6.53. The molecule has 1 nitrogen and oxygen atoms in total. The SMILES string of the molecule is C=C(C(C)OCC)C(F)(F)F. The van der Waals surface area contributed by atoms with Crippen LogP contribution in [0.2, 0.25) is 0 Å². The van der Waals surface area contributed by atoms with Gasteiger partial charge in [-0.2, -0.15) is 13.2 Å². The summed E-state index contributed by atoms with van der Waals surface area (Å²) in [6.07, 6.45) is -5.28. The van der Waals surface area contributed by atoms with E-state index >= 15 is 0 Å². The second-order valence-electron chi connectivity index (χ2n) is 2.12. The van der Waals surface area contributed by atoms with E-state index in [0.29, 0.717) is 0 Å². The topological polar surface area (TPSA) is 9.23 Å². The maximum atomic E-state index is 11.8. The fraction of sp³-hybridized carbons (Fsp3) is 0.714. The lowest BCUT2D eigenvalue weighted by Gasteiger charge is -2.16. The predicted molar refractivity (Wildman–Crippen MR) is 36.3 cm³/mol. The van der Waals surface area contributed by atoms with Gasteiger partial charge in [0.05, 0.1) is 11.7 Å². The molecule has 66 valence electrons. The molecule has 0 saturated heterocycles. The average Bonchev–Trinajstić information content (AvgIpc) is 1.85. The minimum Gasteiger partial charge on any atom is -0.374 e. The Morgan fingerprint density at radius 1 is 1.55 bits per heavy atom. The van der Waals surface area contributed by atoms with E-state index in [1.54, 1.807) is 6.92 Å². The van der Waals surface area contributed by atoms with E-state index in [4.69, 9.17) is 4.74 Å². The third-order valence-corrected chi connectivity index (χ3v) is 1.27. The third kappa shape index (κ3) is 3.41. The van der Waals surface area contributed by atoms with Crippen molar-refractivity contribution < 1.29 is 17.9 Å². The van der Waals surface area contributed by atoms with Gasteiger partial charge >= 0.3 is 6.18 Å². The van der Waals surface area contributed by atoms with Crippen LogP contribution in [0.4, 0.5) is 13.2 Å². The summed E-state index contributed by atoms with van der Waals surface area (Å²) in [4.78, 5) is 0. The molecule has 0 aromatic heterocycles. The molecule has 0 aliphatic rings. The molecule has 0 radical (unpaired) electrons. The number of hydrogen-bond donors (Lipinski definition) is 0. The second kappa shape index (κ2) is 3.76. The maximum Gasteiger partial charge on any atom is 0.414 e. The van der Waals surface area contributed by atoms with Crippen LogP contribution >= 0.6 is 0 Å². The van der Waals surface area contributed by atoms with Crippen molar-refractivity contribution in [3.63, 3.8) is 0 Å². The van der Waals surface area contributed by atoms with Gasteiger partial charge in [0.25, 0.3) is 0 Å². The summed E-state index contributed by atoms with van der Waals surface area (Å²) in [7, 11) is 0. The van der Waals surface area contributed by atoms with Crippen LogP contribution in [0.5, 0.6) is 0 Å². The minimum absolute atomic E-state index is 0.260. The molecule has 11 heavy (non-hydrogen) atoms. The van der Waals surface area contributed by atoms with Crippen molar-refractivity contribution in [2.75, 3.05) is 6.61 Å². The number of ether oxygens (including phenoxy) is 1. The van der Waals surface area contributed by atoms with Crippen LogP contribution in [-0.2, 0) is 4.74 Å². The highest BCUT2D eigenvalue weighted by Gasteiger charge is 2.35. The Morgan fingerprint density at radius 3 is 2.27 bits per heavy atom. The van der Waals surface area contributed by atoms with Crippen LogP contribution in [0, 0.1) is 0 Å². The fourth-order valence-corrected chi connectivity index (χ4v) is 0.581. The lowest BCUT2D eigenvalue weighted by Crippen LogP contribution is -2.23. The van der Waals surface area contributed by atoms with Crippen molar-refractivity contribution in [3.8, 4) is 0 Å². The van der Waals surface area contributed by atoms with Crippen LogP contribution in [0.3, 0.4) is 0 Å². The molecule has 0 aliphatic heterocycles. The van der Waals surface area contributed by atoms with Crippen LogP contribution in [-0.4, -0.2) is 18.9 Å². The van der Waals surface area contributed by atoms with E-state index in [9.17, 15) is 13.2 Å². The second-order valence-corrected chi connectivity index (χ2v) is 2.12. The molecule has 1 unspecified atom stereocenters. The van der Waals surface area contributed by atoms with Gasteiger partial charge in [0.2, 0.25) is 0 Å². The van der Waals surface area contributed by atoms with Gasteiger partial charge in [-0.15, -0.1) is 0 Å². The van der Waals surface area contributed by atoms with Crippen LogP contribution < -0.4 is 0 Å². The van der Waals surface area contributed by atoms with Gasteiger partial charge in [0, 0.05) is 6.61 Å². The lowest BCUT2D eigenvalue weighted by molar-refractivity contribution is -0.108. The monoisotopic (exact) mass is 168 g/mol. The summed E-state index contributed by atoms with van der Waals surface area (Å²) >= 11 is 0. The van der Waals surface area contributed by atoms with Crippen molar-refractivity contribution in [1.29, 1.82) is 0 Å². The van der Waals surface area contributed by atoms with E-state index in [-0.39, 0.29) is 6.61 Å². The highest BCUT2D eigenvalue weighted by Crippen LogP contribution is 2.27. The number of alkyl halides is 3. The third-order valence-electron chi connectivity index (χ3n) is 1.27. The quantitative estimate of drug-likeness (QED) is 0.588. The van der Waals surface area contributed by atoms with Gasteiger partial charge in [0.1, 0.15) is 0 Å². The Bertz CT molecular complexity index is 139. The first kappa shape index (κ1) is 10.5. The Hall–Kier alpha value is -0.510. The Labute approximate surface area is 63.8 Å². The van der Waals surface area contributed by atoms with E-state index in [0.717, 1.165) is 0 Å². The molecule has 4 heteroatoms. The summed E-state index contributed by atoms with van der Waals surface area (Å²) in [5, 5.41) is 0. The Kier molecular flexibility index (Phi) is 3.58. The van der Waals surface area contributed by atoms with Crippen LogP contribution in [0.1, 0.15) is 13.8 Å². The zero-order valence-corrected chi connectivity index (χ0v) is 6.53. The molecular weight excluding hydrogens is 157 g/mol. The molecule has 0 aromatic carbocycles. The zero-order chi connectivity index (χ0) is 9.07. The summed E-state index contributed by atoms with van der Waals surface area (Å²) in [5.41, 5.74) is -0.834. The molecule has 0 spiro atoms. The first-order valence-corrected chi connectivity index (χ1v) is 3.27. The lowest BCUT2D eigenvalue weighted by atomic mass is 10.2. The molecule has 1 atom stereocenters. The molecule has 0 aliphatic carbocycles. The summed E-state index contributed by atoms with van der Waals surface area (Å²) in [6.45, 7) is 6.13. The maximum absolute atomic E-state index is 11.8. The molecule has 0 fully saturated rings. The number of halogens is 3. The predicted octanol–water partition coefficient (Wildman–Crippen LogP) is 2.53. The van der Waals surface area contributed by atoms with Crippen LogP contribution in [0.25, 0.3) is 0 Å². The highest BCUT2D eigenvalue weighted by molar-refractivity contribution is 5.07. The first-order valence-electron chi connectivity index (χ1n) is 3.27. The number of hydrogen-bond acceptors (Lipinski definition) is 1. The van der Waals surface area contributed by atoms with E-state index in [1.807, 2.05) is 0 Å². The molecule has 0 bridgehead atoms. The standard InChI is InChI=1S/C7H11F3O/c1-4-11-6(3)5(2)7(8,9)10/h6H,2,4H2,1,3H3. The van der Waals surface area contributed by atoms with Gasteiger partial charge in [-0.25, -0.2) is 0 Å². The molecule has 0 saturated carbocycles. The highest BCUT2D eigenvalue weighted by atomic mass is 19.4. The smallest absolute Gasteiger partial charge is 0.374 e. The van der Waals surface area contributed by atoms with Crippen molar-refractivity contribution in [2.24, 2.45) is 0 Å². The molecule has 0 heterocycles. The molecule has 0 aromatic rings. The van der Waals surface area contributed by atoms with Gasteiger partial charge in [-0.3, -0.25) is 0 Å². The normalized spacial score (nSPS) is 14.6. The first-order chi connectivity index (χ1) is 4.89. The fourth-order valence-electron chi connectivity index (χ4n) is 0.581. The van der Waals surface area contributed by atoms with E-state index in [1.165, 1.54) is 6.92 Å². The molecule has 0 rings (SSSR count). The number of rotatable bonds is 3. The Morgan fingerprint density at radius 2 is 2.00 bits per heavy atom. The molecule has 0 N–H and O–H groups in total. The molecular formula is C7H11F3O. The average molecular weight is 168 g/mol. The van der Waals surface area contributed by atoms with Crippen molar-refractivity contribution in [1.82, 2.24) is 0 Å².